The highest BCUT2D eigenvalue weighted by Gasteiger charge is 2.28. The zero-order valence-electron chi connectivity index (χ0n) is 9.42. The van der Waals surface area contributed by atoms with Crippen LogP contribution in [0.15, 0.2) is 4.52 Å². The molecule has 0 spiro atoms. The molecule has 0 bridgehead atoms. The third kappa shape index (κ3) is 1.57. The number of hydrogen-bond donors (Lipinski definition) is 0. The molecule has 1 aromatic rings. The Labute approximate surface area is 85.1 Å². The van der Waals surface area contributed by atoms with E-state index in [1.807, 2.05) is 6.92 Å². The lowest BCUT2D eigenvalue weighted by Crippen LogP contribution is -2.44. The Morgan fingerprint density at radius 2 is 2.07 bits per heavy atom. The normalized spacial score (nSPS) is 18.3. The highest BCUT2D eigenvalue weighted by atomic mass is 16.5. The predicted octanol–water partition coefficient (Wildman–Crippen LogP) is 2.14. The van der Waals surface area contributed by atoms with Crippen LogP contribution in [0.4, 0.5) is 0 Å². The summed E-state index contributed by atoms with van der Waals surface area (Å²) in [5, 5.41) is 4.01. The fourth-order valence-electron chi connectivity index (χ4n) is 1.95. The molecule has 0 aromatic carbocycles. The summed E-state index contributed by atoms with van der Waals surface area (Å²) in [6.07, 6.45) is 1.07. The SMILES string of the molecule is Cc1noc2c1CCN(C(C)(C)C)C2. The van der Waals surface area contributed by atoms with Gasteiger partial charge in [-0.05, 0) is 34.1 Å². The van der Waals surface area contributed by atoms with Gasteiger partial charge in [0.2, 0.25) is 0 Å². The molecule has 2 heterocycles. The lowest BCUT2D eigenvalue weighted by molar-refractivity contribution is 0.105. The van der Waals surface area contributed by atoms with Gasteiger partial charge in [0.1, 0.15) is 0 Å². The smallest absolute Gasteiger partial charge is 0.154 e. The van der Waals surface area contributed by atoms with Gasteiger partial charge in [-0.25, -0.2) is 0 Å². The first kappa shape index (κ1) is 9.71. The van der Waals surface area contributed by atoms with Crippen LogP contribution in [0.2, 0.25) is 0 Å². The maximum Gasteiger partial charge on any atom is 0.154 e. The lowest BCUT2D eigenvalue weighted by atomic mass is 9.99. The van der Waals surface area contributed by atoms with E-state index in [1.54, 1.807) is 0 Å². The number of hydrogen-bond acceptors (Lipinski definition) is 3. The summed E-state index contributed by atoms with van der Waals surface area (Å²) in [5.41, 5.74) is 2.61. The van der Waals surface area contributed by atoms with E-state index in [2.05, 4.69) is 30.8 Å². The average molecular weight is 194 g/mol. The van der Waals surface area contributed by atoms with Gasteiger partial charge in [0.15, 0.2) is 5.76 Å². The van der Waals surface area contributed by atoms with Crippen LogP contribution in [0.3, 0.4) is 0 Å². The van der Waals surface area contributed by atoms with Gasteiger partial charge in [-0.3, -0.25) is 4.90 Å². The number of aryl methyl sites for hydroxylation is 1. The Bertz CT molecular complexity index is 336. The van der Waals surface area contributed by atoms with Gasteiger partial charge in [0.25, 0.3) is 0 Å². The van der Waals surface area contributed by atoms with E-state index in [4.69, 9.17) is 4.52 Å². The van der Waals surface area contributed by atoms with Crippen LogP contribution >= 0.6 is 0 Å². The van der Waals surface area contributed by atoms with Gasteiger partial charge in [-0.2, -0.15) is 0 Å². The highest BCUT2D eigenvalue weighted by molar-refractivity contribution is 5.24. The quantitative estimate of drug-likeness (QED) is 0.633. The Balaban J connectivity index is 2.22. The van der Waals surface area contributed by atoms with Gasteiger partial charge in [-0.15, -0.1) is 0 Å². The van der Waals surface area contributed by atoms with Crippen molar-refractivity contribution in [1.29, 1.82) is 0 Å². The van der Waals surface area contributed by atoms with Crippen molar-refractivity contribution in [1.82, 2.24) is 10.1 Å². The van der Waals surface area contributed by atoms with E-state index < -0.39 is 0 Å². The Morgan fingerprint density at radius 3 is 2.71 bits per heavy atom. The summed E-state index contributed by atoms with van der Waals surface area (Å²) < 4.78 is 5.32. The molecule has 2 rings (SSSR count). The Hall–Kier alpha value is -0.830. The van der Waals surface area contributed by atoms with E-state index in [0.717, 1.165) is 31.0 Å². The first-order chi connectivity index (χ1) is 6.48. The molecule has 0 aliphatic carbocycles. The van der Waals surface area contributed by atoms with Crippen LogP contribution in [-0.2, 0) is 13.0 Å². The van der Waals surface area contributed by atoms with Crippen molar-refractivity contribution in [2.45, 2.75) is 46.2 Å². The minimum atomic E-state index is 0.221. The summed E-state index contributed by atoms with van der Waals surface area (Å²) in [6.45, 7) is 10.7. The van der Waals surface area contributed by atoms with E-state index in [1.165, 1.54) is 5.56 Å². The molecule has 0 amide bonds. The third-order valence-electron chi connectivity index (χ3n) is 2.98. The first-order valence-corrected chi connectivity index (χ1v) is 5.17. The first-order valence-electron chi connectivity index (χ1n) is 5.17. The van der Waals surface area contributed by atoms with Crippen molar-refractivity contribution >= 4 is 0 Å². The molecule has 3 nitrogen and oxygen atoms in total. The molecule has 1 aromatic heterocycles. The largest absolute Gasteiger partial charge is 0.359 e. The van der Waals surface area contributed by atoms with Crippen molar-refractivity contribution in [3.05, 3.63) is 17.0 Å². The van der Waals surface area contributed by atoms with E-state index >= 15 is 0 Å². The van der Waals surface area contributed by atoms with E-state index in [-0.39, 0.29) is 5.54 Å². The van der Waals surface area contributed by atoms with Crippen LogP contribution < -0.4 is 0 Å². The molecule has 14 heavy (non-hydrogen) atoms. The highest BCUT2D eigenvalue weighted by Crippen LogP contribution is 2.26. The predicted molar refractivity (Wildman–Crippen MR) is 55.1 cm³/mol. The minimum absolute atomic E-state index is 0.221. The molecule has 1 aliphatic heterocycles. The second-order valence-corrected chi connectivity index (χ2v) is 5.01. The second kappa shape index (κ2) is 3.09. The minimum Gasteiger partial charge on any atom is -0.359 e. The van der Waals surface area contributed by atoms with Crippen LogP contribution in [-0.4, -0.2) is 22.1 Å². The van der Waals surface area contributed by atoms with Crippen LogP contribution in [0.1, 0.15) is 37.8 Å². The number of fused-ring (bicyclic) bond motifs is 1. The summed E-state index contributed by atoms with van der Waals surface area (Å²) in [6, 6.07) is 0. The molecule has 0 saturated heterocycles. The van der Waals surface area contributed by atoms with Gasteiger partial charge < -0.3 is 4.52 Å². The van der Waals surface area contributed by atoms with Gasteiger partial charge in [0.05, 0.1) is 12.2 Å². The van der Waals surface area contributed by atoms with Gasteiger partial charge in [0, 0.05) is 17.6 Å². The molecule has 0 unspecified atom stereocenters. The molecule has 1 aliphatic rings. The van der Waals surface area contributed by atoms with Crippen LogP contribution in [0.5, 0.6) is 0 Å². The van der Waals surface area contributed by atoms with E-state index in [0.29, 0.717) is 0 Å². The van der Waals surface area contributed by atoms with Crippen LogP contribution in [0, 0.1) is 6.92 Å². The number of aromatic nitrogens is 1. The zero-order valence-corrected chi connectivity index (χ0v) is 9.42. The molecule has 0 saturated carbocycles. The second-order valence-electron chi connectivity index (χ2n) is 5.01. The van der Waals surface area contributed by atoms with Crippen molar-refractivity contribution in [2.24, 2.45) is 0 Å². The number of nitrogens with zero attached hydrogens (tertiary/aromatic N) is 2. The van der Waals surface area contributed by atoms with Gasteiger partial charge >= 0.3 is 0 Å². The molecule has 0 atom stereocenters. The molecular formula is C11H18N2O. The van der Waals surface area contributed by atoms with Crippen molar-refractivity contribution < 1.29 is 4.52 Å². The molecule has 3 heteroatoms. The topological polar surface area (TPSA) is 29.3 Å². The number of rotatable bonds is 0. The summed E-state index contributed by atoms with van der Waals surface area (Å²) >= 11 is 0. The molecule has 0 radical (unpaired) electrons. The van der Waals surface area contributed by atoms with Crippen molar-refractivity contribution in [2.75, 3.05) is 6.54 Å². The molecule has 0 fully saturated rings. The summed E-state index contributed by atoms with van der Waals surface area (Å²) in [4.78, 5) is 2.43. The Kier molecular flexibility index (Phi) is 2.14. The fourth-order valence-corrected chi connectivity index (χ4v) is 1.95. The molecule has 78 valence electrons. The van der Waals surface area contributed by atoms with Crippen molar-refractivity contribution in [3.63, 3.8) is 0 Å². The standard InChI is InChI=1S/C11H18N2O/c1-8-9-5-6-13(11(2,3)4)7-10(9)14-12-8/h5-7H2,1-4H3. The van der Waals surface area contributed by atoms with Crippen LogP contribution in [0.25, 0.3) is 0 Å². The Morgan fingerprint density at radius 1 is 1.36 bits per heavy atom. The van der Waals surface area contributed by atoms with Crippen molar-refractivity contribution in [3.8, 4) is 0 Å². The molecule has 0 N–H and O–H groups in total. The zero-order chi connectivity index (χ0) is 10.3. The summed E-state index contributed by atoms with van der Waals surface area (Å²) in [7, 11) is 0. The monoisotopic (exact) mass is 194 g/mol. The maximum absolute atomic E-state index is 5.32. The lowest BCUT2D eigenvalue weighted by Gasteiger charge is -2.37. The van der Waals surface area contributed by atoms with E-state index in [9.17, 15) is 0 Å². The third-order valence-corrected chi connectivity index (χ3v) is 2.98. The average Bonchev–Trinajstić information content (AvgIpc) is 2.46. The fraction of sp³-hybridized carbons (Fsp3) is 0.727. The van der Waals surface area contributed by atoms with Gasteiger partial charge in [-0.1, -0.05) is 5.16 Å². The molecular weight excluding hydrogens is 176 g/mol. The summed E-state index contributed by atoms with van der Waals surface area (Å²) in [5.74, 6) is 1.06. The maximum atomic E-state index is 5.32.